The van der Waals surface area contributed by atoms with Gasteiger partial charge in [0.2, 0.25) is 10.0 Å². The molecule has 12 heteroatoms. The number of methoxy groups -OCH3 is 1. The van der Waals surface area contributed by atoms with Crippen LogP contribution < -0.4 is 15.8 Å². The molecule has 1 atom stereocenters. The molecule has 2 aromatic rings. The van der Waals surface area contributed by atoms with Crippen molar-refractivity contribution in [2.24, 2.45) is 5.73 Å². The van der Waals surface area contributed by atoms with E-state index in [0.29, 0.717) is 5.75 Å². The predicted molar refractivity (Wildman–Crippen MR) is 115 cm³/mol. The highest BCUT2D eigenvalue weighted by molar-refractivity contribution is 7.89. The predicted octanol–water partition coefficient (Wildman–Crippen LogP) is 1.04. The number of nitrogens with one attached hydrogen (secondary N) is 1. The van der Waals surface area contributed by atoms with Crippen LogP contribution in [0.2, 0.25) is 5.02 Å². The maximum Gasteiger partial charge on any atom is 0.259 e. The molecule has 1 heterocycles. The van der Waals surface area contributed by atoms with Crippen LogP contribution in [0.1, 0.15) is 10.4 Å². The van der Waals surface area contributed by atoms with E-state index in [1.165, 1.54) is 19.2 Å². The largest absolute Gasteiger partial charge is 0.497 e. The Morgan fingerprint density at radius 3 is 2.66 bits per heavy atom. The Morgan fingerprint density at radius 1 is 1.25 bits per heavy atom. The highest BCUT2D eigenvalue weighted by atomic mass is 35.5. The highest BCUT2D eigenvalue weighted by Crippen LogP contribution is 2.28. The number of rotatable bonds is 7. The third-order valence-electron chi connectivity index (χ3n) is 4.88. The fraction of sp³-hybridized carbons (Fsp3) is 0.300. The Kier molecular flexibility index (Phi) is 7.34. The Hall–Kier alpha value is -2.73. The number of hydrogen-bond acceptors (Lipinski definition) is 6. The molecule has 0 aromatic heterocycles. The molecule has 9 nitrogen and oxygen atoms in total. The maximum absolute atomic E-state index is 13.5. The number of ether oxygens (including phenoxy) is 1. The van der Waals surface area contributed by atoms with Crippen molar-refractivity contribution in [1.82, 2.24) is 14.5 Å². The van der Waals surface area contributed by atoms with E-state index in [1.807, 2.05) is 0 Å². The second-order valence-corrected chi connectivity index (χ2v) is 9.17. The van der Waals surface area contributed by atoms with Crippen LogP contribution in [0.5, 0.6) is 5.75 Å². The van der Waals surface area contributed by atoms with Gasteiger partial charge in [-0.25, -0.2) is 12.8 Å². The molecule has 2 aromatic carbocycles. The zero-order valence-electron chi connectivity index (χ0n) is 17.1. The summed E-state index contributed by atoms with van der Waals surface area (Å²) in [4.78, 5) is 27.0. The molecule has 32 heavy (non-hydrogen) atoms. The second kappa shape index (κ2) is 9.82. The van der Waals surface area contributed by atoms with E-state index in [9.17, 15) is 22.4 Å². The summed E-state index contributed by atoms with van der Waals surface area (Å²) in [5, 5.41) is 2.16. The normalized spacial score (nSPS) is 16.8. The summed E-state index contributed by atoms with van der Waals surface area (Å²) < 4.78 is 46.1. The van der Waals surface area contributed by atoms with Gasteiger partial charge in [0.15, 0.2) is 6.17 Å². The van der Waals surface area contributed by atoms with Gasteiger partial charge in [0.05, 0.1) is 17.0 Å². The summed E-state index contributed by atoms with van der Waals surface area (Å²) in [6.45, 7) is 0.0358. The molecule has 1 aliphatic rings. The highest BCUT2D eigenvalue weighted by Gasteiger charge is 2.46. The van der Waals surface area contributed by atoms with Gasteiger partial charge in [-0.3, -0.25) is 9.59 Å². The Bertz CT molecular complexity index is 1130. The van der Waals surface area contributed by atoms with E-state index >= 15 is 0 Å². The van der Waals surface area contributed by atoms with Gasteiger partial charge in [-0.15, -0.1) is 0 Å². The number of carbonyl (C=O) groups excluding carboxylic acids is 2. The number of nitrogens with zero attached hydrogens (tertiary/aromatic N) is 2. The van der Waals surface area contributed by atoms with Crippen LogP contribution in [0, 0.1) is 5.82 Å². The molecule has 1 saturated heterocycles. The Labute approximate surface area is 189 Å². The fourth-order valence-corrected chi connectivity index (χ4v) is 5.14. The third kappa shape index (κ3) is 4.70. The van der Waals surface area contributed by atoms with Gasteiger partial charge >= 0.3 is 0 Å². The molecule has 1 unspecified atom stereocenters. The second-order valence-electron chi connectivity index (χ2n) is 6.88. The molecular weight excluding hydrogens is 463 g/mol. The molecule has 3 rings (SSSR count). The van der Waals surface area contributed by atoms with Crippen LogP contribution in [0.4, 0.5) is 4.39 Å². The van der Waals surface area contributed by atoms with Gasteiger partial charge in [0.25, 0.3) is 11.8 Å². The Morgan fingerprint density at radius 2 is 2.00 bits per heavy atom. The van der Waals surface area contributed by atoms with Crippen LogP contribution in [-0.2, 0) is 14.8 Å². The summed E-state index contributed by atoms with van der Waals surface area (Å²) in [5.41, 5.74) is 5.67. The standard InChI is InChI=1S/C20H22ClFN4O5S/c1-31-14-4-2-3-13(11-14)20(28)25-9-10-26(19(25)18(27)24-8-7-23)32(29,30)15-5-6-17(22)16(21)12-15/h2-6,11-12,19H,7-10,23H2,1H3,(H,24,27). The molecule has 1 fully saturated rings. The van der Waals surface area contributed by atoms with E-state index in [-0.39, 0.29) is 41.7 Å². The zero-order valence-corrected chi connectivity index (χ0v) is 18.7. The average Bonchev–Trinajstić information content (AvgIpc) is 3.24. The average molecular weight is 485 g/mol. The molecule has 2 amide bonds. The van der Waals surface area contributed by atoms with Crippen molar-refractivity contribution in [3.05, 3.63) is 58.9 Å². The monoisotopic (exact) mass is 484 g/mol. The minimum Gasteiger partial charge on any atom is -0.497 e. The van der Waals surface area contributed by atoms with Gasteiger partial charge in [-0.2, -0.15) is 4.31 Å². The first-order valence-corrected chi connectivity index (χ1v) is 11.4. The maximum atomic E-state index is 13.5. The zero-order chi connectivity index (χ0) is 23.5. The van der Waals surface area contributed by atoms with E-state index in [0.717, 1.165) is 27.4 Å². The number of nitrogens with two attached hydrogens (primary N) is 1. The summed E-state index contributed by atoms with van der Waals surface area (Å²) in [6, 6.07) is 9.24. The SMILES string of the molecule is COc1cccc(C(=O)N2CCN(S(=O)(=O)c3ccc(F)c(Cl)c3)C2C(=O)NCCN)c1. The van der Waals surface area contributed by atoms with Crippen molar-refractivity contribution in [3.63, 3.8) is 0 Å². The number of sulfonamides is 1. The smallest absolute Gasteiger partial charge is 0.259 e. The molecular formula is C20H22ClFN4O5S. The number of amides is 2. The molecule has 3 N–H and O–H groups in total. The van der Waals surface area contributed by atoms with Crippen molar-refractivity contribution in [1.29, 1.82) is 0 Å². The van der Waals surface area contributed by atoms with E-state index < -0.39 is 33.8 Å². The van der Waals surface area contributed by atoms with Gasteiger partial charge in [0, 0.05) is 31.7 Å². The Balaban J connectivity index is 2.00. The third-order valence-corrected chi connectivity index (χ3v) is 7.02. The van der Waals surface area contributed by atoms with Crippen LogP contribution in [0.25, 0.3) is 0 Å². The van der Waals surface area contributed by atoms with Crippen LogP contribution in [0.15, 0.2) is 47.4 Å². The number of carbonyl (C=O) groups is 2. The quantitative estimate of drug-likeness (QED) is 0.605. The van der Waals surface area contributed by atoms with E-state index in [2.05, 4.69) is 5.32 Å². The van der Waals surface area contributed by atoms with Crippen LogP contribution >= 0.6 is 11.6 Å². The number of halogens is 2. The number of benzene rings is 2. The first-order valence-electron chi connectivity index (χ1n) is 9.60. The van der Waals surface area contributed by atoms with Crippen molar-refractivity contribution in [3.8, 4) is 5.75 Å². The van der Waals surface area contributed by atoms with E-state index in [1.54, 1.807) is 12.1 Å². The summed E-state index contributed by atoms with van der Waals surface area (Å²) in [6.07, 6.45) is -1.46. The first kappa shape index (κ1) is 23.9. The first-order chi connectivity index (χ1) is 15.2. The molecule has 0 radical (unpaired) electrons. The lowest BCUT2D eigenvalue weighted by Crippen LogP contribution is -2.54. The number of hydrogen-bond donors (Lipinski definition) is 2. The molecule has 0 aliphatic carbocycles. The summed E-state index contributed by atoms with van der Waals surface area (Å²) >= 11 is 5.75. The lowest BCUT2D eigenvalue weighted by atomic mass is 10.2. The summed E-state index contributed by atoms with van der Waals surface area (Å²) in [7, 11) is -2.84. The summed E-state index contributed by atoms with van der Waals surface area (Å²) in [5.74, 6) is -1.60. The van der Waals surface area contributed by atoms with Gasteiger partial charge in [-0.05, 0) is 36.4 Å². The van der Waals surface area contributed by atoms with Gasteiger partial charge in [-0.1, -0.05) is 17.7 Å². The van der Waals surface area contributed by atoms with Crippen LogP contribution in [-0.4, -0.2) is 68.9 Å². The van der Waals surface area contributed by atoms with Crippen molar-refractivity contribution in [2.75, 3.05) is 33.3 Å². The van der Waals surface area contributed by atoms with Crippen LogP contribution in [0.3, 0.4) is 0 Å². The lowest BCUT2D eigenvalue weighted by Gasteiger charge is -2.29. The molecule has 0 spiro atoms. The minimum atomic E-state index is -4.29. The van der Waals surface area contributed by atoms with Crippen molar-refractivity contribution in [2.45, 2.75) is 11.1 Å². The van der Waals surface area contributed by atoms with E-state index in [4.69, 9.17) is 22.1 Å². The molecule has 172 valence electrons. The lowest BCUT2D eigenvalue weighted by molar-refractivity contribution is -0.127. The van der Waals surface area contributed by atoms with Gasteiger partial charge < -0.3 is 20.7 Å². The van der Waals surface area contributed by atoms with Gasteiger partial charge in [0.1, 0.15) is 11.6 Å². The molecule has 1 aliphatic heterocycles. The fourth-order valence-electron chi connectivity index (χ4n) is 3.32. The molecule has 0 saturated carbocycles. The topological polar surface area (TPSA) is 122 Å². The van der Waals surface area contributed by atoms with Crippen molar-refractivity contribution >= 4 is 33.4 Å². The minimum absolute atomic E-state index is 0.0368. The molecule has 0 bridgehead atoms. The van der Waals surface area contributed by atoms with Crippen molar-refractivity contribution < 1.29 is 27.1 Å².